The van der Waals surface area contributed by atoms with Crippen molar-refractivity contribution in [3.8, 4) is 0 Å². The predicted octanol–water partition coefficient (Wildman–Crippen LogP) is 2.25. The molecule has 2 rings (SSSR count). The molecule has 0 unspecified atom stereocenters. The van der Waals surface area contributed by atoms with Crippen molar-refractivity contribution in [3.63, 3.8) is 0 Å². The fourth-order valence-corrected chi connectivity index (χ4v) is 2.98. The fourth-order valence-electron chi connectivity index (χ4n) is 2.98. The Morgan fingerprint density at radius 2 is 2.05 bits per heavy atom. The van der Waals surface area contributed by atoms with Gasteiger partial charge in [0.25, 0.3) is 0 Å². The lowest BCUT2D eigenvalue weighted by atomic mass is 9.92. The van der Waals surface area contributed by atoms with E-state index >= 15 is 0 Å². The number of piperidine rings is 1. The largest absolute Gasteiger partial charge is 0.371 e. The number of anilines is 1. The van der Waals surface area contributed by atoms with E-state index in [2.05, 4.69) is 4.90 Å². The SMILES string of the molecule is Cc1cc(N2CCC(CC(N)=O)CC2)c([C@H](C)N)cc1F. The number of hydrogen-bond acceptors (Lipinski definition) is 3. The number of nitrogens with two attached hydrogens (primary N) is 2. The zero-order valence-electron chi connectivity index (χ0n) is 12.7. The van der Waals surface area contributed by atoms with E-state index in [0.29, 0.717) is 17.9 Å². The number of halogens is 1. The minimum Gasteiger partial charge on any atom is -0.371 e. The molecule has 116 valence electrons. The second-order valence-electron chi connectivity index (χ2n) is 6.05. The van der Waals surface area contributed by atoms with Crippen LogP contribution in [-0.4, -0.2) is 19.0 Å². The van der Waals surface area contributed by atoms with Crippen LogP contribution < -0.4 is 16.4 Å². The molecule has 4 nitrogen and oxygen atoms in total. The third kappa shape index (κ3) is 3.73. The molecule has 1 aliphatic heterocycles. The van der Waals surface area contributed by atoms with Crippen molar-refractivity contribution < 1.29 is 9.18 Å². The van der Waals surface area contributed by atoms with E-state index in [-0.39, 0.29) is 17.8 Å². The smallest absolute Gasteiger partial charge is 0.217 e. The first-order valence-electron chi connectivity index (χ1n) is 7.47. The summed E-state index contributed by atoms with van der Waals surface area (Å²) >= 11 is 0. The highest BCUT2D eigenvalue weighted by molar-refractivity contribution is 5.74. The third-order valence-corrected chi connectivity index (χ3v) is 4.24. The van der Waals surface area contributed by atoms with Gasteiger partial charge in [-0.25, -0.2) is 4.39 Å². The van der Waals surface area contributed by atoms with Crippen LogP contribution in [0.5, 0.6) is 0 Å². The summed E-state index contributed by atoms with van der Waals surface area (Å²) in [5.41, 5.74) is 13.7. The molecule has 1 amide bonds. The quantitative estimate of drug-likeness (QED) is 0.894. The molecular weight excluding hydrogens is 269 g/mol. The van der Waals surface area contributed by atoms with E-state index in [0.717, 1.165) is 37.2 Å². The Balaban J connectivity index is 2.16. The van der Waals surface area contributed by atoms with Gasteiger partial charge in [-0.3, -0.25) is 4.79 Å². The number of carbonyl (C=O) groups is 1. The number of benzene rings is 1. The van der Waals surface area contributed by atoms with E-state index in [1.54, 1.807) is 13.0 Å². The Morgan fingerprint density at radius 3 is 2.57 bits per heavy atom. The lowest BCUT2D eigenvalue weighted by Gasteiger charge is -2.35. The van der Waals surface area contributed by atoms with Crippen molar-refractivity contribution >= 4 is 11.6 Å². The molecular formula is C16H24FN3O. The minimum atomic E-state index is -0.234. The van der Waals surface area contributed by atoms with Gasteiger partial charge in [0, 0.05) is 31.2 Å². The van der Waals surface area contributed by atoms with Gasteiger partial charge in [0.05, 0.1) is 0 Å². The van der Waals surface area contributed by atoms with E-state index in [1.165, 1.54) is 0 Å². The molecule has 1 saturated heterocycles. The highest BCUT2D eigenvalue weighted by Crippen LogP contribution is 2.32. The zero-order chi connectivity index (χ0) is 15.6. The number of carbonyl (C=O) groups excluding carboxylic acids is 1. The van der Waals surface area contributed by atoms with Crippen molar-refractivity contribution in [1.82, 2.24) is 0 Å². The molecule has 1 aliphatic rings. The molecule has 1 heterocycles. The Morgan fingerprint density at radius 1 is 1.43 bits per heavy atom. The van der Waals surface area contributed by atoms with Crippen LogP contribution in [-0.2, 0) is 4.79 Å². The second kappa shape index (κ2) is 6.43. The zero-order valence-corrected chi connectivity index (χ0v) is 12.7. The van der Waals surface area contributed by atoms with Crippen molar-refractivity contribution in [2.45, 2.75) is 39.2 Å². The second-order valence-corrected chi connectivity index (χ2v) is 6.05. The Bertz CT molecular complexity index is 522. The maximum Gasteiger partial charge on any atom is 0.217 e. The minimum absolute atomic E-state index is 0.210. The van der Waals surface area contributed by atoms with E-state index in [4.69, 9.17) is 11.5 Å². The molecule has 1 fully saturated rings. The summed E-state index contributed by atoms with van der Waals surface area (Å²) in [6.45, 7) is 5.34. The number of primary amides is 1. The summed E-state index contributed by atoms with van der Waals surface area (Å²) in [4.78, 5) is 13.2. The molecule has 1 atom stereocenters. The lowest BCUT2D eigenvalue weighted by Crippen LogP contribution is -2.36. The summed E-state index contributed by atoms with van der Waals surface area (Å²) in [5, 5.41) is 0. The van der Waals surface area contributed by atoms with E-state index in [9.17, 15) is 9.18 Å². The molecule has 1 aromatic rings. The van der Waals surface area contributed by atoms with E-state index in [1.807, 2.05) is 13.0 Å². The van der Waals surface area contributed by atoms with Crippen LogP contribution in [0.1, 0.15) is 43.4 Å². The highest BCUT2D eigenvalue weighted by Gasteiger charge is 2.23. The van der Waals surface area contributed by atoms with Gasteiger partial charge < -0.3 is 16.4 Å². The van der Waals surface area contributed by atoms with Crippen LogP contribution in [0, 0.1) is 18.7 Å². The summed E-state index contributed by atoms with van der Waals surface area (Å²) < 4.78 is 13.8. The molecule has 0 saturated carbocycles. The Hall–Kier alpha value is -1.62. The number of nitrogens with zero attached hydrogens (tertiary/aromatic N) is 1. The van der Waals surface area contributed by atoms with Crippen LogP contribution in [0.15, 0.2) is 12.1 Å². The third-order valence-electron chi connectivity index (χ3n) is 4.24. The number of aryl methyl sites for hydroxylation is 1. The summed E-state index contributed by atoms with van der Waals surface area (Å²) in [5.74, 6) is -0.0870. The molecule has 5 heteroatoms. The monoisotopic (exact) mass is 293 g/mol. The standard InChI is InChI=1S/C16H24FN3O/c1-10-7-15(13(11(2)18)9-14(10)17)20-5-3-12(4-6-20)8-16(19)21/h7,9,11-12H,3-6,8,18H2,1-2H3,(H2,19,21)/t11-/m0/s1. The topological polar surface area (TPSA) is 72.3 Å². The molecule has 0 aliphatic carbocycles. The summed E-state index contributed by atoms with van der Waals surface area (Å²) in [7, 11) is 0. The molecule has 0 radical (unpaired) electrons. The fraction of sp³-hybridized carbons (Fsp3) is 0.562. The number of hydrogen-bond donors (Lipinski definition) is 2. The van der Waals surface area contributed by atoms with Gasteiger partial charge in [-0.05, 0) is 55.9 Å². The van der Waals surface area contributed by atoms with Crippen molar-refractivity contribution in [3.05, 3.63) is 29.1 Å². The van der Waals surface area contributed by atoms with Crippen molar-refractivity contribution in [2.24, 2.45) is 17.4 Å². The molecule has 21 heavy (non-hydrogen) atoms. The first kappa shape index (κ1) is 15.8. The van der Waals surface area contributed by atoms with Crippen molar-refractivity contribution in [2.75, 3.05) is 18.0 Å². The number of amides is 1. The maximum atomic E-state index is 13.8. The Kier molecular flexibility index (Phi) is 4.83. The van der Waals surface area contributed by atoms with Gasteiger partial charge in [-0.1, -0.05) is 0 Å². The average molecular weight is 293 g/mol. The van der Waals surface area contributed by atoms with Gasteiger partial charge in [-0.15, -0.1) is 0 Å². The van der Waals surface area contributed by atoms with Gasteiger partial charge in [0.15, 0.2) is 0 Å². The number of rotatable bonds is 4. The van der Waals surface area contributed by atoms with Gasteiger partial charge in [-0.2, -0.15) is 0 Å². The normalized spacial score (nSPS) is 17.8. The van der Waals surface area contributed by atoms with Gasteiger partial charge >= 0.3 is 0 Å². The van der Waals surface area contributed by atoms with Crippen LogP contribution in [0.2, 0.25) is 0 Å². The Labute approximate surface area is 125 Å². The summed E-state index contributed by atoms with van der Waals surface area (Å²) in [6, 6.07) is 3.21. The molecule has 1 aromatic carbocycles. The van der Waals surface area contributed by atoms with Crippen LogP contribution in [0.25, 0.3) is 0 Å². The van der Waals surface area contributed by atoms with Crippen LogP contribution in [0.4, 0.5) is 10.1 Å². The lowest BCUT2D eigenvalue weighted by molar-refractivity contribution is -0.119. The first-order chi connectivity index (χ1) is 9.88. The highest BCUT2D eigenvalue weighted by atomic mass is 19.1. The molecule has 4 N–H and O–H groups in total. The molecule has 0 spiro atoms. The first-order valence-corrected chi connectivity index (χ1v) is 7.47. The summed E-state index contributed by atoms with van der Waals surface area (Å²) in [6.07, 6.45) is 2.31. The molecule has 0 bridgehead atoms. The van der Waals surface area contributed by atoms with Crippen LogP contribution in [0.3, 0.4) is 0 Å². The van der Waals surface area contributed by atoms with Gasteiger partial charge in [0.2, 0.25) is 5.91 Å². The van der Waals surface area contributed by atoms with E-state index < -0.39 is 0 Å². The van der Waals surface area contributed by atoms with Crippen LogP contribution >= 0.6 is 0 Å². The predicted molar refractivity (Wildman–Crippen MR) is 82.5 cm³/mol. The average Bonchev–Trinajstić information content (AvgIpc) is 2.41. The van der Waals surface area contributed by atoms with Crippen molar-refractivity contribution in [1.29, 1.82) is 0 Å². The molecule has 0 aromatic heterocycles. The van der Waals surface area contributed by atoms with Gasteiger partial charge in [0.1, 0.15) is 5.82 Å². The maximum absolute atomic E-state index is 13.8.